The van der Waals surface area contributed by atoms with Crippen molar-refractivity contribution in [3.63, 3.8) is 0 Å². The normalized spacial score (nSPS) is 17.0. The van der Waals surface area contributed by atoms with Crippen LogP contribution in [0.15, 0.2) is 47.3 Å². The van der Waals surface area contributed by atoms with Crippen molar-refractivity contribution in [2.45, 2.75) is 13.0 Å². The van der Waals surface area contributed by atoms with Gasteiger partial charge in [0.05, 0.1) is 30.7 Å². The topological polar surface area (TPSA) is 111 Å². The number of aromatic amines is 2. The zero-order chi connectivity index (χ0) is 22.0. The zero-order valence-electron chi connectivity index (χ0n) is 17.5. The Morgan fingerprint density at radius 2 is 1.90 bits per heavy atom. The molecule has 1 aliphatic heterocycles. The number of nitrogens with zero attached hydrogens (tertiary/aromatic N) is 2. The van der Waals surface area contributed by atoms with Crippen LogP contribution in [0.1, 0.15) is 18.5 Å². The van der Waals surface area contributed by atoms with Crippen molar-refractivity contribution in [3.05, 3.63) is 58.5 Å². The van der Waals surface area contributed by atoms with Crippen LogP contribution in [0.5, 0.6) is 5.75 Å². The first-order valence-electron chi connectivity index (χ1n) is 10.1. The van der Waals surface area contributed by atoms with Crippen molar-refractivity contribution in [2.75, 3.05) is 38.6 Å². The number of aromatic nitrogens is 2. The molecule has 2 amide bonds. The van der Waals surface area contributed by atoms with E-state index in [0.29, 0.717) is 36.4 Å². The first-order valence-corrected chi connectivity index (χ1v) is 10.1. The van der Waals surface area contributed by atoms with Crippen molar-refractivity contribution < 1.29 is 14.3 Å². The van der Waals surface area contributed by atoms with E-state index in [4.69, 9.17) is 4.74 Å². The van der Waals surface area contributed by atoms with Crippen LogP contribution < -0.4 is 15.7 Å². The molecule has 1 saturated heterocycles. The van der Waals surface area contributed by atoms with Gasteiger partial charge in [0.2, 0.25) is 11.8 Å². The SMILES string of the molecule is COc1ccccc1[C@H]1CN(C(C)=O)CCN1CC(=O)Nc1ccc2[nH]c(=O)[nH]c2c1. The standard InChI is InChI=1S/C22H25N5O4/c1-14(28)26-9-10-27(19(12-26)16-5-3-4-6-20(16)31-2)13-21(29)23-15-7-8-17-18(11-15)25-22(30)24-17/h3-8,11,19H,9-10,12-13H2,1-2H3,(H,23,29)(H2,24,25,30)/t19-/m1/s1. The number of H-pyrrole nitrogens is 2. The number of amides is 2. The van der Waals surface area contributed by atoms with Crippen molar-refractivity contribution in [1.82, 2.24) is 19.8 Å². The first-order chi connectivity index (χ1) is 14.9. The summed E-state index contributed by atoms with van der Waals surface area (Å²) >= 11 is 0. The lowest BCUT2D eigenvalue weighted by atomic mass is 10.0. The molecule has 0 saturated carbocycles. The molecule has 0 radical (unpaired) electrons. The smallest absolute Gasteiger partial charge is 0.323 e. The first kappa shape index (κ1) is 20.7. The number of anilines is 1. The molecule has 2 heterocycles. The predicted octanol–water partition coefficient (Wildman–Crippen LogP) is 1.71. The number of ether oxygens (including phenoxy) is 1. The van der Waals surface area contributed by atoms with Gasteiger partial charge in [-0.2, -0.15) is 0 Å². The number of rotatable bonds is 5. The van der Waals surface area contributed by atoms with Crippen LogP contribution in [0.2, 0.25) is 0 Å². The highest BCUT2D eigenvalue weighted by Gasteiger charge is 2.32. The molecule has 3 N–H and O–H groups in total. The van der Waals surface area contributed by atoms with Gasteiger partial charge >= 0.3 is 5.69 Å². The van der Waals surface area contributed by atoms with Crippen LogP contribution in [0.25, 0.3) is 11.0 Å². The van der Waals surface area contributed by atoms with Crippen molar-refractivity contribution >= 4 is 28.5 Å². The quantitative estimate of drug-likeness (QED) is 0.579. The van der Waals surface area contributed by atoms with E-state index in [1.165, 1.54) is 0 Å². The van der Waals surface area contributed by atoms with Gasteiger partial charge in [0.25, 0.3) is 0 Å². The number of hydrogen-bond donors (Lipinski definition) is 3. The maximum Gasteiger partial charge on any atom is 0.323 e. The van der Waals surface area contributed by atoms with E-state index in [1.54, 1.807) is 37.1 Å². The summed E-state index contributed by atoms with van der Waals surface area (Å²) in [6, 6.07) is 12.7. The van der Waals surface area contributed by atoms with Crippen LogP contribution >= 0.6 is 0 Å². The van der Waals surface area contributed by atoms with E-state index < -0.39 is 0 Å². The Morgan fingerprint density at radius 1 is 1.13 bits per heavy atom. The summed E-state index contributed by atoms with van der Waals surface area (Å²) in [6.07, 6.45) is 0. The Bertz CT molecular complexity index is 1170. The van der Waals surface area contributed by atoms with Gasteiger partial charge in [-0.05, 0) is 24.3 Å². The molecule has 1 aromatic heterocycles. The van der Waals surface area contributed by atoms with E-state index in [0.717, 1.165) is 11.3 Å². The van der Waals surface area contributed by atoms with Crippen molar-refractivity contribution in [1.29, 1.82) is 0 Å². The molecule has 0 bridgehead atoms. The van der Waals surface area contributed by atoms with Gasteiger partial charge in [-0.25, -0.2) is 4.79 Å². The van der Waals surface area contributed by atoms with Gasteiger partial charge in [-0.1, -0.05) is 18.2 Å². The molecule has 9 nitrogen and oxygen atoms in total. The molecule has 2 aromatic carbocycles. The van der Waals surface area contributed by atoms with Gasteiger partial charge in [0, 0.05) is 37.8 Å². The molecule has 162 valence electrons. The summed E-state index contributed by atoms with van der Waals surface area (Å²) in [6.45, 7) is 3.34. The largest absolute Gasteiger partial charge is 0.496 e. The van der Waals surface area contributed by atoms with Crippen molar-refractivity contribution in [3.8, 4) is 5.75 Å². The highest BCUT2D eigenvalue weighted by atomic mass is 16.5. The summed E-state index contributed by atoms with van der Waals surface area (Å²) in [4.78, 5) is 45.5. The van der Waals surface area contributed by atoms with Crippen LogP contribution in [-0.4, -0.2) is 64.9 Å². The molecule has 0 unspecified atom stereocenters. The summed E-state index contributed by atoms with van der Waals surface area (Å²) in [7, 11) is 1.61. The van der Waals surface area contributed by atoms with Gasteiger partial charge < -0.3 is 24.9 Å². The third-order valence-electron chi connectivity index (χ3n) is 5.58. The highest BCUT2D eigenvalue weighted by Crippen LogP contribution is 2.32. The number of piperazine rings is 1. The van der Waals surface area contributed by atoms with Gasteiger partial charge in [0.15, 0.2) is 0 Å². The number of para-hydroxylation sites is 1. The number of nitrogens with one attached hydrogen (secondary N) is 3. The second-order valence-electron chi connectivity index (χ2n) is 7.58. The number of fused-ring (bicyclic) bond motifs is 1. The molecule has 0 aliphatic carbocycles. The molecule has 1 fully saturated rings. The van der Waals surface area contributed by atoms with Crippen LogP contribution in [-0.2, 0) is 9.59 Å². The Balaban J connectivity index is 1.53. The fourth-order valence-corrected chi connectivity index (χ4v) is 4.03. The van der Waals surface area contributed by atoms with E-state index in [-0.39, 0.29) is 30.1 Å². The molecule has 31 heavy (non-hydrogen) atoms. The minimum absolute atomic E-state index is 0.0118. The van der Waals surface area contributed by atoms with Gasteiger partial charge in [-0.3, -0.25) is 14.5 Å². The number of carbonyl (C=O) groups is 2. The van der Waals surface area contributed by atoms with Gasteiger partial charge in [-0.15, -0.1) is 0 Å². The Hall–Kier alpha value is -3.59. The minimum Gasteiger partial charge on any atom is -0.496 e. The molecule has 3 aromatic rings. The average Bonchev–Trinajstić information content (AvgIpc) is 3.13. The summed E-state index contributed by atoms with van der Waals surface area (Å²) in [5.74, 6) is 0.566. The number of methoxy groups -OCH3 is 1. The highest BCUT2D eigenvalue weighted by molar-refractivity contribution is 5.94. The minimum atomic E-state index is -0.290. The maximum absolute atomic E-state index is 12.8. The molecule has 9 heteroatoms. The van der Waals surface area contributed by atoms with E-state index >= 15 is 0 Å². The number of carbonyl (C=O) groups excluding carboxylic acids is 2. The Labute approximate surface area is 179 Å². The fourth-order valence-electron chi connectivity index (χ4n) is 4.03. The number of benzene rings is 2. The molecule has 1 atom stereocenters. The zero-order valence-corrected chi connectivity index (χ0v) is 17.5. The summed E-state index contributed by atoms with van der Waals surface area (Å²) in [5, 5.41) is 2.90. The lowest BCUT2D eigenvalue weighted by Gasteiger charge is -2.41. The third kappa shape index (κ3) is 4.46. The molecule has 0 spiro atoms. The predicted molar refractivity (Wildman–Crippen MR) is 117 cm³/mol. The second-order valence-corrected chi connectivity index (χ2v) is 7.58. The summed E-state index contributed by atoms with van der Waals surface area (Å²) in [5.41, 5.74) is 2.56. The molecular formula is C22H25N5O4. The van der Waals surface area contributed by atoms with Crippen LogP contribution in [0.3, 0.4) is 0 Å². The molecule has 4 rings (SSSR count). The maximum atomic E-state index is 12.8. The summed E-state index contributed by atoms with van der Waals surface area (Å²) < 4.78 is 5.52. The Morgan fingerprint density at radius 3 is 2.68 bits per heavy atom. The molecular weight excluding hydrogens is 398 g/mol. The van der Waals surface area contributed by atoms with E-state index in [1.807, 2.05) is 24.3 Å². The second kappa shape index (κ2) is 8.65. The lowest BCUT2D eigenvalue weighted by molar-refractivity contribution is -0.132. The van der Waals surface area contributed by atoms with Crippen molar-refractivity contribution in [2.24, 2.45) is 0 Å². The molecule has 1 aliphatic rings. The van der Waals surface area contributed by atoms with Crippen LogP contribution in [0.4, 0.5) is 5.69 Å². The van der Waals surface area contributed by atoms with E-state index in [2.05, 4.69) is 20.2 Å². The lowest BCUT2D eigenvalue weighted by Crippen LogP contribution is -2.51. The van der Waals surface area contributed by atoms with Gasteiger partial charge in [0.1, 0.15) is 5.75 Å². The van der Waals surface area contributed by atoms with E-state index in [9.17, 15) is 14.4 Å². The number of hydrogen-bond acceptors (Lipinski definition) is 5. The number of imidazole rings is 1. The monoisotopic (exact) mass is 423 g/mol. The average molecular weight is 423 g/mol. The third-order valence-corrected chi connectivity index (χ3v) is 5.58. The fraction of sp³-hybridized carbons (Fsp3) is 0.318. The Kier molecular flexibility index (Phi) is 5.77. The van der Waals surface area contributed by atoms with Crippen LogP contribution in [0, 0.1) is 0 Å².